The Hall–Kier alpha value is -1.35. The van der Waals surface area contributed by atoms with Crippen molar-refractivity contribution in [2.24, 2.45) is 7.05 Å². The van der Waals surface area contributed by atoms with E-state index in [1.807, 2.05) is 13.1 Å². The Balaban J connectivity index is 2.52. The van der Waals surface area contributed by atoms with Gasteiger partial charge in [-0.25, -0.2) is 4.39 Å². The van der Waals surface area contributed by atoms with E-state index in [1.54, 1.807) is 6.07 Å². The van der Waals surface area contributed by atoms with Gasteiger partial charge in [-0.2, -0.15) is 0 Å². The molecule has 0 fully saturated rings. The average Bonchev–Trinajstić information content (AvgIpc) is 2.72. The number of hydrogen-bond donors (Lipinski definition) is 1. The van der Waals surface area contributed by atoms with Crippen LogP contribution in [-0.2, 0) is 20.1 Å². The Bertz CT molecular complexity index is 513. The zero-order valence-corrected chi connectivity index (χ0v) is 7.97. The Morgan fingerprint density at radius 2 is 2.21 bits per heavy atom. The van der Waals surface area contributed by atoms with Gasteiger partial charge in [-0.1, -0.05) is 6.07 Å². The monoisotopic (exact) mass is 190 g/mol. The van der Waals surface area contributed by atoms with Gasteiger partial charge in [-0.15, -0.1) is 0 Å². The highest BCUT2D eigenvalue weighted by Gasteiger charge is 2.21. The maximum absolute atomic E-state index is 13.6. The van der Waals surface area contributed by atoms with Crippen molar-refractivity contribution in [1.82, 2.24) is 9.88 Å². The molecule has 1 N–H and O–H groups in total. The standard InChI is InChI=1S/C11H11FN2/c1-14-9-4-2-3-8(12)11(9)7-5-13-6-10(7)14/h2-4,13H,5-6H2,1H3. The number of halogens is 1. The molecule has 72 valence electrons. The summed E-state index contributed by atoms with van der Waals surface area (Å²) < 4.78 is 15.7. The number of aromatic nitrogens is 1. The van der Waals surface area contributed by atoms with E-state index in [-0.39, 0.29) is 5.82 Å². The van der Waals surface area contributed by atoms with Gasteiger partial charge in [-0.05, 0) is 17.7 Å². The molecule has 3 heteroatoms. The number of benzene rings is 1. The maximum Gasteiger partial charge on any atom is 0.132 e. The summed E-state index contributed by atoms with van der Waals surface area (Å²) in [6.07, 6.45) is 0. The molecular weight excluding hydrogens is 179 g/mol. The molecule has 1 aliphatic heterocycles. The first-order valence-corrected chi connectivity index (χ1v) is 4.74. The van der Waals surface area contributed by atoms with Crippen molar-refractivity contribution in [3.63, 3.8) is 0 Å². The molecule has 0 atom stereocenters. The third-order valence-corrected chi connectivity index (χ3v) is 3.00. The van der Waals surface area contributed by atoms with E-state index in [2.05, 4.69) is 9.88 Å². The Morgan fingerprint density at radius 3 is 3.07 bits per heavy atom. The molecule has 0 spiro atoms. The summed E-state index contributed by atoms with van der Waals surface area (Å²) in [5.41, 5.74) is 3.34. The minimum atomic E-state index is -0.108. The molecule has 14 heavy (non-hydrogen) atoms. The number of rotatable bonds is 0. The molecule has 0 saturated carbocycles. The highest BCUT2D eigenvalue weighted by molar-refractivity contribution is 5.86. The summed E-state index contributed by atoms with van der Waals surface area (Å²) in [6, 6.07) is 5.26. The van der Waals surface area contributed by atoms with E-state index in [0.717, 1.165) is 29.6 Å². The average molecular weight is 190 g/mol. The van der Waals surface area contributed by atoms with Crippen LogP contribution in [0.5, 0.6) is 0 Å². The molecule has 0 bridgehead atoms. The summed E-state index contributed by atoms with van der Waals surface area (Å²) in [4.78, 5) is 0. The van der Waals surface area contributed by atoms with Crippen LogP contribution in [0.25, 0.3) is 10.9 Å². The smallest absolute Gasteiger partial charge is 0.132 e. The van der Waals surface area contributed by atoms with Gasteiger partial charge in [0.1, 0.15) is 5.82 Å². The number of nitrogens with zero attached hydrogens (tertiary/aromatic N) is 1. The first kappa shape index (κ1) is 8.00. The molecule has 1 aromatic carbocycles. The summed E-state index contributed by atoms with van der Waals surface area (Å²) in [7, 11) is 1.99. The fourth-order valence-electron chi connectivity index (χ4n) is 2.30. The molecular formula is C11H11FN2. The molecule has 2 aromatic rings. The van der Waals surface area contributed by atoms with Gasteiger partial charge in [0, 0.05) is 31.2 Å². The molecule has 0 unspecified atom stereocenters. The van der Waals surface area contributed by atoms with Gasteiger partial charge in [0.2, 0.25) is 0 Å². The number of fused-ring (bicyclic) bond motifs is 3. The van der Waals surface area contributed by atoms with Crippen molar-refractivity contribution >= 4 is 10.9 Å². The normalized spacial score (nSPS) is 15.0. The molecule has 0 saturated heterocycles. The largest absolute Gasteiger partial charge is 0.346 e. The van der Waals surface area contributed by atoms with Crippen LogP contribution in [-0.4, -0.2) is 4.57 Å². The first-order chi connectivity index (χ1) is 6.79. The second-order valence-corrected chi connectivity index (χ2v) is 3.72. The topological polar surface area (TPSA) is 17.0 Å². The summed E-state index contributed by atoms with van der Waals surface area (Å²) in [5, 5.41) is 4.03. The Morgan fingerprint density at radius 1 is 1.36 bits per heavy atom. The van der Waals surface area contributed by atoms with Gasteiger partial charge in [-0.3, -0.25) is 0 Å². The third-order valence-electron chi connectivity index (χ3n) is 3.00. The van der Waals surface area contributed by atoms with E-state index in [4.69, 9.17) is 0 Å². The van der Waals surface area contributed by atoms with Gasteiger partial charge >= 0.3 is 0 Å². The van der Waals surface area contributed by atoms with Crippen molar-refractivity contribution in [2.75, 3.05) is 0 Å². The molecule has 3 rings (SSSR count). The summed E-state index contributed by atoms with van der Waals surface area (Å²) in [5.74, 6) is -0.108. The first-order valence-electron chi connectivity index (χ1n) is 4.74. The van der Waals surface area contributed by atoms with E-state index < -0.39 is 0 Å². The van der Waals surface area contributed by atoms with Crippen molar-refractivity contribution in [2.45, 2.75) is 13.1 Å². The predicted octanol–water partition coefficient (Wildman–Crippen LogP) is 1.92. The molecule has 2 heterocycles. The molecule has 1 aliphatic rings. The highest BCUT2D eigenvalue weighted by Crippen LogP contribution is 2.30. The SMILES string of the molecule is Cn1c2c(c3c(F)cccc31)CNC2. The fraction of sp³-hybridized carbons (Fsp3) is 0.273. The van der Waals surface area contributed by atoms with Crippen LogP contribution >= 0.6 is 0 Å². The lowest BCUT2D eigenvalue weighted by Crippen LogP contribution is -2.04. The van der Waals surface area contributed by atoms with Crippen LogP contribution in [0, 0.1) is 5.82 Å². The molecule has 0 aliphatic carbocycles. The lowest BCUT2D eigenvalue weighted by Gasteiger charge is -2.00. The lowest BCUT2D eigenvalue weighted by atomic mass is 10.1. The summed E-state index contributed by atoms with van der Waals surface area (Å²) >= 11 is 0. The number of nitrogens with one attached hydrogen (secondary N) is 1. The summed E-state index contributed by atoms with van der Waals surface area (Å²) in [6.45, 7) is 1.63. The zero-order valence-electron chi connectivity index (χ0n) is 7.97. The predicted molar refractivity (Wildman–Crippen MR) is 53.4 cm³/mol. The second kappa shape index (κ2) is 2.58. The third kappa shape index (κ3) is 0.826. The molecule has 2 nitrogen and oxygen atoms in total. The van der Waals surface area contributed by atoms with E-state index in [1.165, 1.54) is 11.8 Å². The van der Waals surface area contributed by atoms with Gasteiger partial charge in [0.25, 0.3) is 0 Å². The Kier molecular flexibility index (Phi) is 1.47. The number of hydrogen-bond acceptors (Lipinski definition) is 1. The van der Waals surface area contributed by atoms with Crippen LogP contribution in [0.15, 0.2) is 18.2 Å². The van der Waals surface area contributed by atoms with Crippen LogP contribution in [0.4, 0.5) is 4.39 Å². The van der Waals surface area contributed by atoms with Crippen LogP contribution < -0.4 is 5.32 Å². The molecule has 0 amide bonds. The quantitative estimate of drug-likeness (QED) is 0.671. The second-order valence-electron chi connectivity index (χ2n) is 3.72. The van der Waals surface area contributed by atoms with Crippen molar-refractivity contribution in [3.05, 3.63) is 35.3 Å². The van der Waals surface area contributed by atoms with E-state index in [9.17, 15) is 4.39 Å². The van der Waals surface area contributed by atoms with Gasteiger partial charge < -0.3 is 9.88 Å². The van der Waals surface area contributed by atoms with Crippen molar-refractivity contribution < 1.29 is 4.39 Å². The number of aryl methyl sites for hydroxylation is 1. The molecule has 0 radical (unpaired) electrons. The van der Waals surface area contributed by atoms with Gasteiger partial charge in [0.05, 0.1) is 5.52 Å². The minimum absolute atomic E-state index is 0.108. The molecule has 1 aromatic heterocycles. The Labute approximate surface area is 81.3 Å². The highest BCUT2D eigenvalue weighted by atomic mass is 19.1. The fourth-order valence-corrected chi connectivity index (χ4v) is 2.30. The van der Waals surface area contributed by atoms with Crippen LogP contribution in [0.3, 0.4) is 0 Å². The lowest BCUT2D eigenvalue weighted by molar-refractivity contribution is 0.638. The zero-order chi connectivity index (χ0) is 9.71. The van der Waals surface area contributed by atoms with Gasteiger partial charge in [0.15, 0.2) is 0 Å². The van der Waals surface area contributed by atoms with Crippen molar-refractivity contribution in [1.29, 1.82) is 0 Å². The van der Waals surface area contributed by atoms with Crippen LogP contribution in [0.2, 0.25) is 0 Å². The van der Waals surface area contributed by atoms with E-state index >= 15 is 0 Å². The van der Waals surface area contributed by atoms with E-state index in [0.29, 0.717) is 0 Å². The van der Waals surface area contributed by atoms with Crippen LogP contribution in [0.1, 0.15) is 11.3 Å². The van der Waals surface area contributed by atoms with Crippen molar-refractivity contribution in [3.8, 4) is 0 Å². The minimum Gasteiger partial charge on any atom is -0.346 e. The maximum atomic E-state index is 13.6.